The van der Waals surface area contributed by atoms with Crippen molar-refractivity contribution in [2.45, 2.75) is 25.9 Å². The third-order valence-corrected chi connectivity index (χ3v) is 5.24. The lowest BCUT2D eigenvalue weighted by Crippen LogP contribution is -2.42. The summed E-state index contributed by atoms with van der Waals surface area (Å²) >= 11 is 0. The van der Waals surface area contributed by atoms with Gasteiger partial charge in [-0.25, -0.2) is 8.42 Å². The van der Waals surface area contributed by atoms with Crippen LogP contribution < -0.4 is 10.1 Å². The van der Waals surface area contributed by atoms with Crippen LogP contribution in [-0.4, -0.2) is 63.8 Å². The van der Waals surface area contributed by atoms with E-state index >= 15 is 0 Å². The molecule has 7 nitrogen and oxygen atoms in total. The predicted octanol–water partition coefficient (Wildman–Crippen LogP) is 0.931. The van der Waals surface area contributed by atoms with E-state index in [2.05, 4.69) is 5.32 Å². The van der Waals surface area contributed by atoms with E-state index in [0.29, 0.717) is 18.9 Å². The maximum absolute atomic E-state index is 11.9. The highest BCUT2D eigenvalue weighted by Crippen LogP contribution is 2.14. The molecule has 0 saturated carbocycles. The van der Waals surface area contributed by atoms with Crippen LogP contribution in [-0.2, 0) is 19.6 Å². The highest BCUT2D eigenvalue weighted by atomic mass is 32.2. The van der Waals surface area contributed by atoms with Crippen LogP contribution >= 0.6 is 0 Å². The summed E-state index contributed by atoms with van der Waals surface area (Å²) in [5.74, 6) is 0.336. The third kappa shape index (κ3) is 7.01. The van der Waals surface area contributed by atoms with E-state index in [0.717, 1.165) is 18.4 Å². The molecule has 0 bridgehead atoms. The van der Waals surface area contributed by atoms with Gasteiger partial charge in [-0.2, -0.15) is 4.31 Å². The van der Waals surface area contributed by atoms with Gasteiger partial charge in [-0.3, -0.25) is 4.79 Å². The highest BCUT2D eigenvalue weighted by molar-refractivity contribution is 7.88. The zero-order valence-corrected chi connectivity index (χ0v) is 15.5. The molecule has 1 amide bonds. The van der Waals surface area contributed by atoms with E-state index in [1.165, 1.54) is 10.6 Å². The Morgan fingerprint density at radius 3 is 2.68 bits per heavy atom. The largest absolute Gasteiger partial charge is 0.484 e. The van der Waals surface area contributed by atoms with Crippen LogP contribution in [0.25, 0.3) is 0 Å². The normalized spacial score (nSPS) is 17.6. The SMILES string of the molecule is Cc1ccc(OCC(=O)NCCN(CC2CCCO2)S(C)(=O)=O)cc1. The summed E-state index contributed by atoms with van der Waals surface area (Å²) in [5, 5.41) is 2.68. The van der Waals surface area contributed by atoms with Crippen molar-refractivity contribution >= 4 is 15.9 Å². The first-order valence-electron chi connectivity index (χ1n) is 8.37. The summed E-state index contributed by atoms with van der Waals surface area (Å²) in [6, 6.07) is 7.41. The van der Waals surface area contributed by atoms with Crippen LogP contribution in [0.2, 0.25) is 0 Å². The minimum Gasteiger partial charge on any atom is -0.484 e. The molecule has 1 N–H and O–H groups in total. The van der Waals surface area contributed by atoms with E-state index in [4.69, 9.17) is 9.47 Å². The molecule has 8 heteroatoms. The third-order valence-electron chi connectivity index (χ3n) is 3.97. The Bertz CT molecular complexity index is 654. The Morgan fingerprint density at radius 1 is 1.36 bits per heavy atom. The standard InChI is InChI=1S/C17H26N2O5S/c1-14-5-7-15(8-6-14)24-13-17(20)18-9-10-19(25(2,21)22)12-16-4-3-11-23-16/h5-8,16H,3-4,9-13H2,1-2H3,(H,18,20). The van der Waals surface area contributed by atoms with E-state index in [1.807, 2.05) is 19.1 Å². The van der Waals surface area contributed by atoms with Crippen molar-refractivity contribution in [1.29, 1.82) is 0 Å². The molecule has 0 spiro atoms. The fraction of sp³-hybridized carbons (Fsp3) is 0.588. The Balaban J connectivity index is 1.72. The summed E-state index contributed by atoms with van der Waals surface area (Å²) in [6.07, 6.45) is 2.93. The molecule has 0 aliphatic carbocycles. The van der Waals surface area contributed by atoms with Gasteiger partial charge < -0.3 is 14.8 Å². The molecule has 1 aromatic carbocycles. The molecule has 0 radical (unpaired) electrons. The summed E-state index contributed by atoms with van der Waals surface area (Å²) in [7, 11) is -3.34. The molecular weight excluding hydrogens is 344 g/mol. The molecule has 140 valence electrons. The van der Waals surface area contributed by atoms with Gasteiger partial charge in [-0.05, 0) is 31.9 Å². The fourth-order valence-corrected chi connectivity index (χ4v) is 3.42. The van der Waals surface area contributed by atoms with Crippen LogP contribution in [0.1, 0.15) is 18.4 Å². The van der Waals surface area contributed by atoms with Gasteiger partial charge >= 0.3 is 0 Å². The van der Waals surface area contributed by atoms with Crippen LogP contribution in [0.5, 0.6) is 5.75 Å². The number of carbonyl (C=O) groups excluding carboxylic acids is 1. The number of carbonyl (C=O) groups is 1. The van der Waals surface area contributed by atoms with Crippen LogP contribution in [0, 0.1) is 6.92 Å². The van der Waals surface area contributed by atoms with Gasteiger partial charge in [0, 0.05) is 26.2 Å². The van der Waals surface area contributed by atoms with Crippen molar-refractivity contribution in [2.75, 3.05) is 39.1 Å². The summed E-state index contributed by atoms with van der Waals surface area (Å²) in [4.78, 5) is 11.8. The second-order valence-electron chi connectivity index (χ2n) is 6.21. The number of aryl methyl sites for hydroxylation is 1. The van der Waals surface area contributed by atoms with Gasteiger partial charge in [0.25, 0.3) is 5.91 Å². The zero-order valence-electron chi connectivity index (χ0n) is 14.7. The average Bonchev–Trinajstić information content (AvgIpc) is 3.05. The Hall–Kier alpha value is -1.64. The van der Waals surface area contributed by atoms with E-state index in [9.17, 15) is 13.2 Å². The first kappa shape index (κ1) is 19.7. The minimum absolute atomic E-state index is 0.0599. The molecular formula is C17H26N2O5S. The predicted molar refractivity (Wildman–Crippen MR) is 95.1 cm³/mol. The van der Waals surface area contributed by atoms with Crippen molar-refractivity contribution in [3.63, 3.8) is 0 Å². The fourth-order valence-electron chi connectivity index (χ4n) is 2.56. The molecule has 1 saturated heterocycles. The zero-order chi connectivity index (χ0) is 18.3. The number of hydrogen-bond donors (Lipinski definition) is 1. The molecule has 1 aromatic rings. The molecule has 1 aliphatic heterocycles. The maximum atomic E-state index is 11.9. The first-order chi connectivity index (χ1) is 11.8. The molecule has 1 heterocycles. The van der Waals surface area contributed by atoms with Gasteiger partial charge in [0.2, 0.25) is 10.0 Å². The molecule has 1 atom stereocenters. The Kier molecular flexibility index (Phi) is 7.22. The van der Waals surface area contributed by atoms with E-state index < -0.39 is 10.0 Å². The summed E-state index contributed by atoms with van der Waals surface area (Å²) < 4.78 is 36.0. The van der Waals surface area contributed by atoms with Crippen molar-refractivity contribution in [3.8, 4) is 5.75 Å². The van der Waals surface area contributed by atoms with Gasteiger partial charge in [0.15, 0.2) is 6.61 Å². The van der Waals surface area contributed by atoms with E-state index in [-0.39, 0.29) is 31.7 Å². The first-order valence-corrected chi connectivity index (χ1v) is 10.2. The van der Waals surface area contributed by atoms with Gasteiger partial charge in [0.1, 0.15) is 5.75 Å². The quantitative estimate of drug-likeness (QED) is 0.699. The van der Waals surface area contributed by atoms with Crippen LogP contribution in [0.15, 0.2) is 24.3 Å². The number of amides is 1. The molecule has 2 rings (SSSR count). The van der Waals surface area contributed by atoms with Crippen molar-refractivity contribution in [2.24, 2.45) is 0 Å². The Labute approximate surface area is 149 Å². The second kappa shape index (κ2) is 9.17. The Morgan fingerprint density at radius 2 is 2.08 bits per heavy atom. The number of benzene rings is 1. The van der Waals surface area contributed by atoms with Crippen molar-refractivity contribution in [1.82, 2.24) is 9.62 Å². The van der Waals surface area contributed by atoms with Gasteiger partial charge in [-0.15, -0.1) is 0 Å². The molecule has 1 unspecified atom stereocenters. The highest BCUT2D eigenvalue weighted by Gasteiger charge is 2.24. The monoisotopic (exact) mass is 370 g/mol. The average molecular weight is 370 g/mol. The number of nitrogens with one attached hydrogen (secondary N) is 1. The van der Waals surface area contributed by atoms with Gasteiger partial charge in [-0.1, -0.05) is 17.7 Å². The molecule has 1 fully saturated rings. The lowest BCUT2D eigenvalue weighted by molar-refractivity contribution is -0.123. The van der Waals surface area contributed by atoms with Crippen molar-refractivity contribution < 1.29 is 22.7 Å². The molecule has 0 aromatic heterocycles. The van der Waals surface area contributed by atoms with Crippen LogP contribution in [0.4, 0.5) is 0 Å². The lowest BCUT2D eigenvalue weighted by Gasteiger charge is -2.23. The van der Waals surface area contributed by atoms with Gasteiger partial charge in [0.05, 0.1) is 12.4 Å². The second-order valence-corrected chi connectivity index (χ2v) is 8.19. The molecule has 1 aliphatic rings. The smallest absolute Gasteiger partial charge is 0.257 e. The number of hydrogen-bond acceptors (Lipinski definition) is 5. The summed E-state index contributed by atoms with van der Waals surface area (Å²) in [6.45, 7) is 3.32. The van der Waals surface area contributed by atoms with E-state index in [1.54, 1.807) is 12.1 Å². The maximum Gasteiger partial charge on any atom is 0.257 e. The number of nitrogens with zero attached hydrogens (tertiary/aromatic N) is 1. The number of sulfonamides is 1. The topological polar surface area (TPSA) is 84.9 Å². The van der Waals surface area contributed by atoms with Crippen LogP contribution in [0.3, 0.4) is 0 Å². The number of ether oxygens (including phenoxy) is 2. The number of rotatable bonds is 9. The lowest BCUT2D eigenvalue weighted by atomic mass is 10.2. The molecule has 25 heavy (non-hydrogen) atoms. The summed E-state index contributed by atoms with van der Waals surface area (Å²) in [5.41, 5.74) is 1.11. The minimum atomic E-state index is -3.34. The van der Waals surface area contributed by atoms with Crippen molar-refractivity contribution in [3.05, 3.63) is 29.8 Å².